The minimum Gasteiger partial charge on any atom is -0.376 e. The van der Waals surface area contributed by atoms with Gasteiger partial charge in [0.2, 0.25) is 0 Å². The van der Waals surface area contributed by atoms with E-state index in [1.165, 1.54) is 0 Å². The fourth-order valence-corrected chi connectivity index (χ4v) is 1.67. The van der Waals surface area contributed by atoms with Crippen LogP contribution in [0.4, 0.5) is 13.2 Å². The predicted octanol–water partition coefficient (Wildman–Crippen LogP) is 2.29. The minimum atomic E-state index is -1.48. The average molecular weight is 288 g/mol. The maximum Gasteiger partial charge on any atom is 0.194 e. The van der Waals surface area contributed by atoms with Crippen molar-refractivity contribution in [1.82, 2.24) is 5.32 Å². The molecule has 0 aliphatic rings. The lowest BCUT2D eigenvalue weighted by atomic mass is 10.1. The van der Waals surface area contributed by atoms with Crippen molar-refractivity contribution in [2.45, 2.75) is 13.0 Å². The monoisotopic (exact) mass is 288 g/mol. The first-order valence-electron chi connectivity index (χ1n) is 6.25. The molecular formula is C14H19F3N2O. The van der Waals surface area contributed by atoms with E-state index in [2.05, 4.69) is 11.9 Å². The maximum absolute atomic E-state index is 13.2. The highest BCUT2D eigenvalue weighted by Crippen LogP contribution is 2.18. The Hall–Kier alpha value is -1.37. The summed E-state index contributed by atoms with van der Waals surface area (Å²) in [6.45, 7) is 6.99. The van der Waals surface area contributed by atoms with Gasteiger partial charge in [0.15, 0.2) is 17.5 Å². The summed E-state index contributed by atoms with van der Waals surface area (Å²) in [7, 11) is 0. The molecule has 20 heavy (non-hydrogen) atoms. The number of ether oxygens (including phenoxy) is 1. The summed E-state index contributed by atoms with van der Waals surface area (Å²) < 4.78 is 44.5. The molecule has 0 aromatic heterocycles. The highest BCUT2D eigenvalue weighted by Gasteiger charge is 2.16. The summed E-state index contributed by atoms with van der Waals surface area (Å²) in [5.41, 5.74) is 6.72. The molecule has 0 heterocycles. The van der Waals surface area contributed by atoms with E-state index in [1.54, 1.807) is 0 Å². The summed E-state index contributed by atoms with van der Waals surface area (Å²) >= 11 is 0. The van der Waals surface area contributed by atoms with Crippen LogP contribution < -0.4 is 11.1 Å². The Labute approximate surface area is 116 Å². The molecular weight excluding hydrogens is 269 g/mol. The molecule has 3 N–H and O–H groups in total. The number of rotatable bonds is 8. The third-order valence-electron chi connectivity index (χ3n) is 2.63. The van der Waals surface area contributed by atoms with Crippen LogP contribution >= 0.6 is 0 Å². The molecule has 0 amide bonds. The highest BCUT2D eigenvalue weighted by atomic mass is 19.2. The molecule has 1 atom stereocenters. The SMILES string of the molecule is C=C(C)COCCNC(CN)c1cc(F)c(F)c(F)c1. The molecule has 0 fully saturated rings. The number of halogens is 3. The molecule has 1 aromatic carbocycles. The molecule has 0 radical (unpaired) electrons. The topological polar surface area (TPSA) is 47.3 Å². The van der Waals surface area contributed by atoms with E-state index >= 15 is 0 Å². The van der Waals surface area contributed by atoms with Crippen molar-refractivity contribution < 1.29 is 17.9 Å². The second-order valence-corrected chi connectivity index (χ2v) is 4.55. The highest BCUT2D eigenvalue weighted by molar-refractivity contribution is 5.23. The summed E-state index contributed by atoms with van der Waals surface area (Å²) in [4.78, 5) is 0. The zero-order valence-electron chi connectivity index (χ0n) is 11.4. The summed E-state index contributed by atoms with van der Waals surface area (Å²) in [5, 5.41) is 3.00. The quantitative estimate of drug-likeness (QED) is 0.438. The lowest BCUT2D eigenvalue weighted by Gasteiger charge is -2.17. The van der Waals surface area contributed by atoms with E-state index < -0.39 is 23.5 Å². The van der Waals surface area contributed by atoms with Crippen LogP contribution in [-0.2, 0) is 4.74 Å². The first-order valence-corrected chi connectivity index (χ1v) is 6.25. The van der Waals surface area contributed by atoms with Crippen molar-refractivity contribution in [2.75, 3.05) is 26.3 Å². The maximum atomic E-state index is 13.2. The Bertz CT molecular complexity index is 443. The van der Waals surface area contributed by atoms with Gasteiger partial charge in [0.05, 0.1) is 13.2 Å². The molecule has 0 aliphatic carbocycles. The standard InChI is InChI=1S/C14H19F3N2O/c1-9(2)8-20-4-3-19-13(7-18)10-5-11(15)14(17)12(16)6-10/h5-6,13,19H,1,3-4,7-8,18H2,2H3. The smallest absolute Gasteiger partial charge is 0.194 e. The number of hydrogen-bond acceptors (Lipinski definition) is 3. The number of hydrogen-bond donors (Lipinski definition) is 2. The van der Waals surface area contributed by atoms with Crippen LogP contribution in [-0.4, -0.2) is 26.3 Å². The normalized spacial score (nSPS) is 12.4. The molecule has 3 nitrogen and oxygen atoms in total. The third-order valence-corrected chi connectivity index (χ3v) is 2.63. The molecule has 0 bridgehead atoms. The van der Waals surface area contributed by atoms with E-state index in [0.717, 1.165) is 17.7 Å². The molecule has 1 aromatic rings. The zero-order valence-corrected chi connectivity index (χ0v) is 11.4. The van der Waals surface area contributed by atoms with Crippen LogP contribution in [0.25, 0.3) is 0 Å². The number of nitrogens with one attached hydrogen (secondary N) is 1. The third kappa shape index (κ3) is 4.96. The van der Waals surface area contributed by atoms with Crippen LogP contribution in [0.15, 0.2) is 24.3 Å². The van der Waals surface area contributed by atoms with Crippen LogP contribution in [0.2, 0.25) is 0 Å². The molecule has 1 unspecified atom stereocenters. The van der Waals surface area contributed by atoms with Gasteiger partial charge in [0.1, 0.15) is 0 Å². The van der Waals surface area contributed by atoms with Crippen LogP contribution in [0.1, 0.15) is 18.5 Å². The Morgan fingerprint density at radius 3 is 2.45 bits per heavy atom. The second kappa shape index (κ2) is 8.04. The molecule has 0 aliphatic heterocycles. The van der Waals surface area contributed by atoms with Gasteiger partial charge in [-0.05, 0) is 24.6 Å². The van der Waals surface area contributed by atoms with Gasteiger partial charge in [-0.2, -0.15) is 0 Å². The van der Waals surface area contributed by atoms with Crippen molar-refractivity contribution in [3.05, 3.63) is 47.3 Å². The van der Waals surface area contributed by atoms with Gasteiger partial charge >= 0.3 is 0 Å². The van der Waals surface area contributed by atoms with Gasteiger partial charge in [0, 0.05) is 19.1 Å². The largest absolute Gasteiger partial charge is 0.376 e. The van der Waals surface area contributed by atoms with E-state index in [1.807, 2.05) is 6.92 Å². The van der Waals surface area contributed by atoms with E-state index in [9.17, 15) is 13.2 Å². The lowest BCUT2D eigenvalue weighted by molar-refractivity contribution is 0.155. The minimum absolute atomic E-state index is 0.130. The van der Waals surface area contributed by atoms with Crippen molar-refractivity contribution in [1.29, 1.82) is 0 Å². The van der Waals surface area contributed by atoms with Gasteiger partial charge in [-0.15, -0.1) is 0 Å². The number of nitrogens with two attached hydrogens (primary N) is 1. The van der Waals surface area contributed by atoms with Crippen molar-refractivity contribution in [3.63, 3.8) is 0 Å². The van der Waals surface area contributed by atoms with Gasteiger partial charge in [-0.25, -0.2) is 13.2 Å². The molecule has 1 rings (SSSR count). The van der Waals surface area contributed by atoms with Crippen molar-refractivity contribution in [3.8, 4) is 0 Å². The predicted molar refractivity (Wildman–Crippen MR) is 71.7 cm³/mol. The van der Waals surface area contributed by atoms with E-state index in [-0.39, 0.29) is 12.1 Å². The van der Waals surface area contributed by atoms with Crippen LogP contribution in [0.5, 0.6) is 0 Å². The van der Waals surface area contributed by atoms with Gasteiger partial charge in [-0.1, -0.05) is 12.2 Å². The van der Waals surface area contributed by atoms with Crippen molar-refractivity contribution in [2.24, 2.45) is 5.73 Å². The lowest BCUT2D eigenvalue weighted by Crippen LogP contribution is -2.31. The first kappa shape index (κ1) is 16.7. The second-order valence-electron chi connectivity index (χ2n) is 4.55. The summed E-state index contributed by atoms with van der Waals surface area (Å²) in [5.74, 6) is -3.92. The number of benzene rings is 1. The summed E-state index contributed by atoms with van der Waals surface area (Å²) in [6.07, 6.45) is 0. The van der Waals surface area contributed by atoms with Crippen molar-refractivity contribution >= 4 is 0 Å². The Morgan fingerprint density at radius 2 is 1.95 bits per heavy atom. The molecule has 0 saturated carbocycles. The van der Waals surface area contributed by atoms with Crippen LogP contribution in [0.3, 0.4) is 0 Å². The zero-order chi connectivity index (χ0) is 15.1. The van der Waals surface area contributed by atoms with Gasteiger partial charge in [-0.3, -0.25) is 0 Å². The Kier molecular flexibility index (Phi) is 6.70. The molecule has 6 heteroatoms. The molecule has 0 spiro atoms. The fourth-order valence-electron chi connectivity index (χ4n) is 1.67. The van der Waals surface area contributed by atoms with Crippen LogP contribution in [0, 0.1) is 17.5 Å². The fraction of sp³-hybridized carbons (Fsp3) is 0.429. The van der Waals surface area contributed by atoms with Gasteiger partial charge in [0.25, 0.3) is 0 Å². The first-order chi connectivity index (χ1) is 9.45. The average Bonchev–Trinajstić information content (AvgIpc) is 2.39. The van der Waals surface area contributed by atoms with Gasteiger partial charge < -0.3 is 15.8 Å². The Morgan fingerprint density at radius 1 is 1.35 bits per heavy atom. The van der Waals surface area contributed by atoms with E-state index in [4.69, 9.17) is 10.5 Å². The molecule has 0 saturated heterocycles. The molecule has 112 valence electrons. The Balaban J connectivity index is 2.56. The van der Waals surface area contributed by atoms with E-state index in [0.29, 0.717) is 19.8 Å². The summed E-state index contributed by atoms with van der Waals surface area (Å²) in [6, 6.07) is 1.42.